The number of rotatable bonds is 4. The van der Waals surface area contributed by atoms with E-state index in [9.17, 15) is 4.79 Å². The van der Waals surface area contributed by atoms with Crippen molar-refractivity contribution in [2.45, 2.75) is 6.54 Å². The number of hydrogen-bond donors (Lipinski definition) is 0. The van der Waals surface area contributed by atoms with Crippen molar-refractivity contribution in [1.29, 1.82) is 0 Å². The van der Waals surface area contributed by atoms with E-state index in [1.54, 1.807) is 0 Å². The maximum atomic E-state index is 13.1. The summed E-state index contributed by atoms with van der Waals surface area (Å²) in [5.74, 6) is 1.78. The molecule has 1 saturated heterocycles. The van der Waals surface area contributed by atoms with Crippen LogP contribution in [0.2, 0.25) is 0 Å². The molecule has 0 spiro atoms. The minimum Gasteiger partial charge on any atom is -0.486 e. The van der Waals surface area contributed by atoms with Gasteiger partial charge in [-0.25, -0.2) is 0 Å². The van der Waals surface area contributed by atoms with Crippen molar-refractivity contribution in [3.63, 3.8) is 0 Å². The van der Waals surface area contributed by atoms with E-state index >= 15 is 0 Å². The van der Waals surface area contributed by atoms with E-state index in [4.69, 9.17) is 9.47 Å². The molecular formula is C22H23N3O3S. The second kappa shape index (κ2) is 7.93. The van der Waals surface area contributed by atoms with Crippen LogP contribution in [0.5, 0.6) is 11.5 Å². The van der Waals surface area contributed by atoms with Gasteiger partial charge in [-0.15, -0.1) is 11.3 Å². The summed E-state index contributed by atoms with van der Waals surface area (Å²) in [6.45, 7) is 5.28. The molecule has 29 heavy (non-hydrogen) atoms. The highest BCUT2D eigenvalue weighted by Crippen LogP contribution is 2.31. The van der Waals surface area contributed by atoms with Gasteiger partial charge < -0.3 is 18.9 Å². The zero-order valence-corrected chi connectivity index (χ0v) is 16.9. The standard InChI is InChI=1S/C22H23N3O3S/c26-22(21-18(5-14-29-21)24-6-1-2-7-24)25-10-8-23(9-11-25)16-17-3-4-19-20(15-17)28-13-12-27-19/h1-7,14-15H,8-13,16H2. The minimum absolute atomic E-state index is 0.127. The number of hydrogen-bond acceptors (Lipinski definition) is 5. The number of carbonyl (C=O) groups is 1. The third-order valence-corrected chi connectivity index (χ3v) is 6.29. The molecule has 7 heteroatoms. The highest BCUT2D eigenvalue weighted by molar-refractivity contribution is 7.12. The highest BCUT2D eigenvalue weighted by atomic mass is 32.1. The summed E-state index contributed by atoms with van der Waals surface area (Å²) in [4.78, 5) is 18.2. The van der Waals surface area contributed by atoms with Gasteiger partial charge in [0.1, 0.15) is 18.1 Å². The molecule has 2 aliphatic rings. The summed E-state index contributed by atoms with van der Waals surface area (Å²) in [6, 6.07) is 12.1. The number of carbonyl (C=O) groups excluding carboxylic acids is 1. The maximum Gasteiger partial charge on any atom is 0.266 e. The Kier molecular flexibility index (Phi) is 4.99. The molecule has 5 rings (SSSR count). The van der Waals surface area contributed by atoms with Crippen LogP contribution in [0, 0.1) is 0 Å². The van der Waals surface area contributed by atoms with Gasteiger partial charge in [0, 0.05) is 45.1 Å². The van der Waals surface area contributed by atoms with Gasteiger partial charge in [0.25, 0.3) is 5.91 Å². The lowest BCUT2D eigenvalue weighted by atomic mass is 10.1. The van der Waals surface area contributed by atoms with Gasteiger partial charge in [-0.2, -0.15) is 0 Å². The molecule has 0 saturated carbocycles. The molecule has 2 aromatic heterocycles. The average Bonchev–Trinajstić information content (AvgIpc) is 3.45. The van der Waals surface area contributed by atoms with E-state index in [0.717, 1.165) is 54.8 Å². The SMILES string of the molecule is O=C(c1sccc1-n1cccc1)N1CCN(Cc2ccc3c(c2)OCCO3)CC1. The second-order valence-corrected chi connectivity index (χ2v) is 8.19. The Morgan fingerprint density at radius 2 is 1.72 bits per heavy atom. The van der Waals surface area contributed by atoms with Crippen LogP contribution in [0.4, 0.5) is 0 Å². The minimum atomic E-state index is 0.127. The first-order valence-corrected chi connectivity index (χ1v) is 10.8. The Hall–Kier alpha value is -2.77. The van der Waals surface area contributed by atoms with Gasteiger partial charge in [0.2, 0.25) is 0 Å². The lowest BCUT2D eigenvalue weighted by molar-refractivity contribution is 0.0633. The van der Waals surface area contributed by atoms with Gasteiger partial charge in [-0.05, 0) is 41.3 Å². The fourth-order valence-electron chi connectivity index (χ4n) is 3.86. The Labute approximate surface area is 173 Å². The summed E-state index contributed by atoms with van der Waals surface area (Å²) in [5.41, 5.74) is 2.17. The molecule has 4 heterocycles. The van der Waals surface area contributed by atoms with E-state index in [1.165, 1.54) is 16.9 Å². The summed E-state index contributed by atoms with van der Waals surface area (Å²) in [5, 5.41) is 1.99. The molecule has 0 bridgehead atoms. The maximum absolute atomic E-state index is 13.1. The molecule has 0 N–H and O–H groups in total. The number of amides is 1. The Morgan fingerprint density at radius 1 is 0.966 bits per heavy atom. The molecule has 1 fully saturated rings. The summed E-state index contributed by atoms with van der Waals surface area (Å²) >= 11 is 1.51. The van der Waals surface area contributed by atoms with Crippen molar-refractivity contribution in [1.82, 2.24) is 14.4 Å². The third-order valence-electron chi connectivity index (χ3n) is 5.39. The van der Waals surface area contributed by atoms with Crippen molar-refractivity contribution in [2.24, 2.45) is 0 Å². The summed E-state index contributed by atoms with van der Waals surface area (Å²) in [6.07, 6.45) is 3.95. The topological polar surface area (TPSA) is 46.9 Å². The Balaban J connectivity index is 1.21. The monoisotopic (exact) mass is 409 g/mol. The zero-order valence-electron chi connectivity index (χ0n) is 16.1. The first-order valence-electron chi connectivity index (χ1n) is 9.89. The lowest BCUT2D eigenvalue weighted by Crippen LogP contribution is -2.48. The Bertz CT molecular complexity index is 991. The second-order valence-electron chi connectivity index (χ2n) is 7.27. The molecule has 1 aromatic carbocycles. The Morgan fingerprint density at radius 3 is 2.52 bits per heavy atom. The number of thiophene rings is 1. The van der Waals surface area contributed by atoms with Gasteiger partial charge in [0.15, 0.2) is 11.5 Å². The quantitative estimate of drug-likeness (QED) is 0.664. The number of benzene rings is 1. The predicted octanol–water partition coefficient (Wildman–Crippen LogP) is 3.27. The molecular weight excluding hydrogens is 386 g/mol. The van der Waals surface area contributed by atoms with Crippen LogP contribution in [0.15, 0.2) is 54.2 Å². The van der Waals surface area contributed by atoms with Crippen LogP contribution in [-0.4, -0.2) is 59.7 Å². The van der Waals surface area contributed by atoms with E-state index in [2.05, 4.69) is 17.0 Å². The summed E-state index contributed by atoms with van der Waals surface area (Å²) in [7, 11) is 0. The molecule has 0 radical (unpaired) electrons. The van der Waals surface area contributed by atoms with E-state index in [1.807, 2.05) is 51.5 Å². The van der Waals surface area contributed by atoms with Crippen molar-refractivity contribution in [3.8, 4) is 17.2 Å². The molecule has 2 aliphatic heterocycles. The van der Waals surface area contributed by atoms with E-state index < -0.39 is 0 Å². The molecule has 3 aromatic rings. The third kappa shape index (κ3) is 3.75. The molecule has 1 amide bonds. The smallest absolute Gasteiger partial charge is 0.266 e. The van der Waals surface area contributed by atoms with Gasteiger partial charge in [-0.3, -0.25) is 9.69 Å². The first kappa shape index (κ1) is 18.3. The normalized spacial score (nSPS) is 16.8. The number of aromatic nitrogens is 1. The van der Waals surface area contributed by atoms with Gasteiger partial charge in [0.05, 0.1) is 5.69 Å². The molecule has 0 atom stereocenters. The molecule has 0 aliphatic carbocycles. The van der Waals surface area contributed by atoms with Crippen LogP contribution in [0.25, 0.3) is 5.69 Å². The molecule has 6 nitrogen and oxygen atoms in total. The van der Waals surface area contributed by atoms with Crippen molar-refractivity contribution >= 4 is 17.2 Å². The lowest BCUT2D eigenvalue weighted by Gasteiger charge is -2.34. The zero-order chi connectivity index (χ0) is 19.6. The van der Waals surface area contributed by atoms with Crippen LogP contribution in [0.1, 0.15) is 15.2 Å². The van der Waals surface area contributed by atoms with Gasteiger partial charge in [-0.1, -0.05) is 6.07 Å². The van der Waals surface area contributed by atoms with Crippen LogP contribution in [-0.2, 0) is 6.54 Å². The average molecular weight is 410 g/mol. The molecule has 0 unspecified atom stereocenters. The van der Waals surface area contributed by atoms with E-state index in [0.29, 0.717) is 13.2 Å². The largest absolute Gasteiger partial charge is 0.486 e. The van der Waals surface area contributed by atoms with Crippen molar-refractivity contribution in [3.05, 3.63) is 64.6 Å². The fraction of sp³-hybridized carbons (Fsp3) is 0.318. The van der Waals surface area contributed by atoms with Crippen LogP contribution >= 0.6 is 11.3 Å². The highest BCUT2D eigenvalue weighted by Gasteiger charge is 2.25. The number of ether oxygens (including phenoxy) is 2. The molecule has 150 valence electrons. The van der Waals surface area contributed by atoms with E-state index in [-0.39, 0.29) is 5.91 Å². The van der Waals surface area contributed by atoms with Gasteiger partial charge >= 0.3 is 0 Å². The fourth-order valence-corrected chi connectivity index (χ4v) is 4.72. The number of nitrogens with zero attached hydrogens (tertiary/aromatic N) is 3. The van der Waals surface area contributed by atoms with Crippen molar-refractivity contribution in [2.75, 3.05) is 39.4 Å². The predicted molar refractivity (Wildman–Crippen MR) is 112 cm³/mol. The van der Waals surface area contributed by atoms with Crippen LogP contribution < -0.4 is 9.47 Å². The number of fused-ring (bicyclic) bond motifs is 1. The van der Waals surface area contributed by atoms with Crippen LogP contribution in [0.3, 0.4) is 0 Å². The number of piperazine rings is 1. The summed E-state index contributed by atoms with van der Waals surface area (Å²) < 4.78 is 13.3. The van der Waals surface area contributed by atoms with Crippen molar-refractivity contribution < 1.29 is 14.3 Å². The first-order chi connectivity index (χ1) is 14.3.